The number of hydrogen-bond donors (Lipinski definition) is 9. The van der Waals surface area contributed by atoms with Crippen LogP contribution >= 0.6 is 0 Å². The van der Waals surface area contributed by atoms with Crippen molar-refractivity contribution in [3.05, 3.63) is 24.3 Å². The Morgan fingerprint density at radius 3 is 1.67 bits per heavy atom. The fourth-order valence-electron chi connectivity index (χ4n) is 7.91. The number of hydrogen-bond acceptors (Lipinski definition) is 13. The summed E-state index contributed by atoms with van der Waals surface area (Å²) in [4.78, 5) is 13.1. The smallest absolute Gasteiger partial charge is 0.220 e. The molecule has 0 aromatic rings. The standard InChI is InChI=1S/C47H87NO13/c1-3-5-7-9-11-13-15-17-18-19-21-23-25-27-29-31-39(52)48-35(36(51)30-28-26-24-22-20-16-14-12-10-8-6-4-2)34-58-46-44(57)42(55)45(38(33-50)60-46)61-47-43(56)41(54)40(53)37(32-49)59-47/h11,13,17-18,35-38,40-47,49-51,53-57H,3-10,12,14-16,19-34H2,1-2H3,(H,48,52)/b13-11-,18-17-. The molecular weight excluding hydrogens is 787 g/mol. The number of unbranched alkanes of at least 4 members (excludes halogenated alkanes) is 19. The molecule has 0 saturated carbocycles. The average molecular weight is 874 g/mol. The van der Waals surface area contributed by atoms with Crippen LogP contribution in [0.2, 0.25) is 0 Å². The minimum atomic E-state index is -1.78. The number of carbonyl (C=O) groups is 1. The summed E-state index contributed by atoms with van der Waals surface area (Å²) < 4.78 is 22.7. The van der Waals surface area contributed by atoms with E-state index in [4.69, 9.17) is 18.9 Å². The second kappa shape index (κ2) is 34.8. The highest BCUT2D eigenvalue weighted by molar-refractivity contribution is 5.76. The van der Waals surface area contributed by atoms with E-state index in [1.165, 1.54) is 70.6 Å². The average Bonchev–Trinajstić information content (AvgIpc) is 3.26. The van der Waals surface area contributed by atoms with Crippen LogP contribution in [0.5, 0.6) is 0 Å². The van der Waals surface area contributed by atoms with Crippen molar-refractivity contribution in [2.75, 3.05) is 19.8 Å². The first kappa shape index (κ1) is 55.6. The van der Waals surface area contributed by atoms with Crippen LogP contribution in [-0.4, -0.2) is 140 Å². The minimum absolute atomic E-state index is 0.223. The Kier molecular flexibility index (Phi) is 31.7. The lowest BCUT2D eigenvalue weighted by molar-refractivity contribution is -0.359. The van der Waals surface area contributed by atoms with Crippen LogP contribution in [0, 0.1) is 0 Å². The fourth-order valence-corrected chi connectivity index (χ4v) is 7.91. The molecule has 0 bridgehead atoms. The van der Waals surface area contributed by atoms with Gasteiger partial charge < -0.3 is 65.1 Å². The molecule has 2 fully saturated rings. The molecule has 12 unspecified atom stereocenters. The third-order valence-corrected chi connectivity index (χ3v) is 11.9. The molecule has 0 aliphatic carbocycles. The fraction of sp³-hybridized carbons (Fsp3) is 0.894. The van der Waals surface area contributed by atoms with Gasteiger partial charge in [0.15, 0.2) is 12.6 Å². The quantitative estimate of drug-likeness (QED) is 0.0285. The first-order valence-electron chi connectivity index (χ1n) is 24.1. The maximum Gasteiger partial charge on any atom is 0.220 e. The van der Waals surface area contributed by atoms with Gasteiger partial charge in [0.2, 0.25) is 5.91 Å². The summed E-state index contributed by atoms with van der Waals surface area (Å²) in [6, 6.07) is -0.832. The van der Waals surface area contributed by atoms with E-state index >= 15 is 0 Å². The number of aliphatic hydroxyl groups excluding tert-OH is 8. The van der Waals surface area contributed by atoms with Crippen LogP contribution in [0.3, 0.4) is 0 Å². The zero-order valence-corrected chi connectivity index (χ0v) is 37.7. The van der Waals surface area contributed by atoms with E-state index < -0.39 is 86.8 Å². The Morgan fingerprint density at radius 1 is 0.590 bits per heavy atom. The summed E-state index contributed by atoms with van der Waals surface area (Å²) in [5.41, 5.74) is 0. The third kappa shape index (κ3) is 22.8. The molecule has 1 amide bonds. The van der Waals surface area contributed by atoms with Crippen molar-refractivity contribution < 1.29 is 64.6 Å². The summed E-state index contributed by atoms with van der Waals surface area (Å²) in [7, 11) is 0. The van der Waals surface area contributed by atoms with E-state index in [1.807, 2.05) is 0 Å². The summed E-state index contributed by atoms with van der Waals surface area (Å²) in [5.74, 6) is -0.223. The Labute approximate surface area is 367 Å². The SMILES string of the molecule is CCCCC/C=C\C/C=C\CCCCCCCC(=O)NC(COC1OC(CO)C(OC2OC(CO)C(O)C(O)C2O)C(O)C1O)C(O)CCCCCCCCCCCCCC. The summed E-state index contributed by atoms with van der Waals surface area (Å²) in [6.45, 7) is 2.79. The molecule has 2 saturated heterocycles. The highest BCUT2D eigenvalue weighted by Crippen LogP contribution is 2.30. The van der Waals surface area contributed by atoms with Crippen molar-refractivity contribution in [1.82, 2.24) is 5.32 Å². The predicted octanol–water partition coefficient (Wildman–Crippen LogP) is 5.38. The molecule has 0 aromatic carbocycles. The van der Waals surface area contributed by atoms with Crippen molar-refractivity contribution in [2.45, 2.75) is 248 Å². The highest BCUT2D eigenvalue weighted by atomic mass is 16.7. The molecular formula is C47H87NO13. The van der Waals surface area contributed by atoms with Gasteiger partial charge in [-0.1, -0.05) is 147 Å². The second-order valence-electron chi connectivity index (χ2n) is 17.2. The van der Waals surface area contributed by atoms with Crippen LogP contribution < -0.4 is 5.32 Å². The first-order valence-corrected chi connectivity index (χ1v) is 24.1. The van der Waals surface area contributed by atoms with Crippen molar-refractivity contribution >= 4 is 5.91 Å². The monoisotopic (exact) mass is 874 g/mol. The van der Waals surface area contributed by atoms with Crippen LogP contribution in [-0.2, 0) is 23.7 Å². The van der Waals surface area contributed by atoms with Gasteiger partial charge in [-0.3, -0.25) is 4.79 Å². The Balaban J connectivity index is 1.87. The van der Waals surface area contributed by atoms with Gasteiger partial charge in [-0.05, 0) is 44.9 Å². The molecule has 2 rings (SSSR count). The molecule has 0 radical (unpaired) electrons. The zero-order chi connectivity index (χ0) is 44.7. The van der Waals surface area contributed by atoms with Gasteiger partial charge in [-0.2, -0.15) is 0 Å². The van der Waals surface area contributed by atoms with Gasteiger partial charge in [0.05, 0.1) is 32.0 Å². The molecule has 9 N–H and O–H groups in total. The highest BCUT2D eigenvalue weighted by Gasteiger charge is 2.51. The molecule has 14 nitrogen and oxygen atoms in total. The minimum Gasteiger partial charge on any atom is -0.394 e. The Hall–Kier alpha value is -1.53. The van der Waals surface area contributed by atoms with Crippen LogP contribution in [0.15, 0.2) is 24.3 Å². The van der Waals surface area contributed by atoms with Crippen LogP contribution in [0.25, 0.3) is 0 Å². The molecule has 14 heteroatoms. The largest absolute Gasteiger partial charge is 0.394 e. The summed E-state index contributed by atoms with van der Waals surface area (Å²) in [5, 5.41) is 86.7. The van der Waals surface area contributed by atoms with Crippen molar-refractivity contribution in [3.63, 3.8) is 0 Å². The van der Waals surface area contributed by atoms with Crippen molar-refractivity contribution in [2.24, 2.45) is 0 Å². The Morgan fingerprint density at radius 2 is 1.08 bits per heavy atom. The van der Waals surface area contributed by atoms with Crippen molar-refractivity contribution in [1.29, 1.82) is 0 Å². The van der Waals surface area contributed by atoms with E-state index in [0.717, 1.165) is 70.6 Å². The molecule has 0 spiro atoms. The maximum absolute atomic E-state index is 13.1. The maximum atomic E-state index is 13.1. The van der Waals surface area contributed by atoms with Gasteiger partial charge in [-0.25, -0.2) is 0 Å². The topological polar surface area (TPSA) is 228 Å². The van der Waals surface area contributed by atoms with Crippen LogP contribution in [0.1, 0.15) is 174 Å². The Bertz CT molecular complexity index is 1130. The summed E-state index contributed by atoms with van der Waals surface area (Å²) in [6.07, 6.45) is 18.9. The number of allylic oxidation sites excluding steroid dienone is 4. The number of amides is 1. The zero-order valence-electron chi connectivity index (χ0n) is 37.7. The summed E-state index contributed by atoms with van der Waals surface area (Å²) >= 11 is 0. The van der Waals surface area contributed by atoms with Gasteiger partial charge in [0.1, 0.15) is 48.8 Å². The lowest BCUT2D eigenvalue weighted by Crippen LogP contribution is -2.65. The normalized spacial score (nSPS) is 28.2. The molecule has 12 atom stereocenters. The molecule has 358 valence electrons. The number of ether oxygens (including phenoxy) is 4. The second-order valence-corrected chi connectivity index (χ2v) is 17.2. The lowest BCUT2D eigenvalue weighted by atomic mass is 9.97. The molecule has 61 heavy (non-hydrogen) atoms. The van der Waals surface area contributed by atoms with E-state index in [9.17, 15) is 45.6 Å². The van der Waals surface area contributed by atoms with E-state index in [2.05, 4.69) is 43.5 Å². The van der Waals surface area contributed by atoms with Gasteiger partial charge >= 0.3 is 0 Å². The van der Waals surface area contributed by atoms with Gasteiger partial charge in [-0.15, -0.1) is 0 Å². The number of rotatable bonds is 36. The van der Waals surface area contributed by atoms with E-state index in [-0.39, 0.29) is 18.9 Å². The van der Waals surface area contributed by atoms with E-state index in [1.54, 1.807) is 0 Å². The van der Waals surface area contributed by atoms with Gasteiger partial charge in [0, 0.05) is 6.42 Å². The molecule has 2 aliphatic heterocycles. The van der Waals surface area contributed by atoms with Gasteiger partial charge in [0.25, 0.3) is 0 Å². The number of carbonyl (C=O) groups excluding carboxylic acids is 1. The van der Waals surface area contributed by atoms with E-state index in [0.29, 0.717) is 12.8 Å². The third-order valence-electron chi connectivity index (χ3n) is 11.9. The molecule has 2 aliphatic rings. The predicted molar refractivity (Wildman–Crippen MR) is 235 cm³/mol. The molecule has 2 heterocycles. The first-order chi connectivity index (χ1) is 29.6. The number of aliphatic hydroxyl groups is 8. The number of nitrogens with one attached hydrogen (secondary N) is 1. The lowest BCUT2D eigenvalue weighted by Gasteiger charge is -2.46. The van der Waals surface area contributed by atoms with Crippen molar-refractivity contribution in [3.8, 4) is 0 Å². The molecule has 0 aromatic heterocycles. The van der Waals surface area contributed by atoms with Crippen LogP contribution in [0.4, 0.5) is 0 Å².